The Hall–Kier alpha value is -2.96. The Kier molecular flexibility index (Phi) is 4.67. The molecule has 2 N–H and O–H groups in total. The van der Waals surface area contributed by atoms with Gasteiger partial charge in [-0.25, -0.2) is 0 Å². The third kappa shape index (κ3) is 3.57. The van der Waals surface area contributed by atoms with Crippen molar-refractivity contribution in [1.29, 1.82) is 0 Å². The number of carbonyl (C=O) groups excluding carboxylic acids is 2. The molecule has 0 aliphatic heterocycles. The first-order chi connectivity index (χ1) is 10.5. The van der Waals surface area contributed by atoms with E-state index in [1.165, 1.54) is 26.2 Å². The lowest BCUT2D eigenvalue weighted by Crippen LogP contribution is -2.12. The van der Waals surface area contributed by atoms with Gasteiger partial charge in [0.05, 0.1) is 19.9 Å². The molecule has 0 atom stereocenters. The molecule has 1 aromatic heterocycles. The summed E-state index contributed by atoms with van der Waals surface area (Å²) in [6.07, 6.45) is 0. The fourth-order valence-electron chi connectivity index (χ4n) is 1.79. The van der Waals surface area contributed by atoms with Crippen LogP contribution in [0, 0.1) is 0 Å². The normalized spacial score (nSPS) is 9.95. The SMILES string of the molecule is COc1ccc(NC(=O)c2ccc(NC(C)=O)o2)c(OC)c1. The maximum absolute atomic E-state index is 12.1. The molecule has 0 bridgehead atoms. The minimum absolute atomic E-state index is 0.0709. The summed E-state index contributed by atoms with van der Waals surface area (Å²) in [5.74, 6) is 0.612. The van der Waals surface area contributed by atoms with E-state index in [-0.39, 0.29) is 17.6 Å². The molecule has 0 radical (unpaired) electrons. The maximum Gasteiger partial charge on any atom is 0.291 e. The number of benzene rings is 1. The van der Waals surface area contributed by atoms with Crippen LogP contribution in [0.2, 0.25) is 0 Å². The molecule has 0 unspecified atom stereocenters. The zero-order valence-electron chi connectivity index (χ0n) is 12.4. The van der Waals surface area contributed by atoms with Gasteiger partial charge < -0.3 is 19.2 Å². The average Bonchev–Trinajstić information content (AvgIpc) is 2.95. The molecule has 2 amide bonds. The number of hydrogen-bond donors (Lipinski definition) is 2. The van der Waals surface area contributed by atoms with Crippen LogP contribution in [0.3, 0.4) is 0 Å². The summed E-state index contributed by atoms with van der Waals surface area (Å²) in [5.41, 5.74) is 0.478. The second kappa shape index (κ2) is 6.66. The number of amides is 2. The first-order valence-electron chi connectivity index (χ1n) is 6.44. The molecule has 0 saturated heterocycles. The second-order valence-corrected chi connectivity index (χ2v) is 4.37. The Bertz CT molecular complexity index is 693. The molecule has 1 aromatic carbocycles. The van der Waals surface area contributed by atoms with E-state index in [2.05, 4.69) is 10.6 Å². The summed E-state index contributed by atoms with van der Waals surface area (Å²) in [5, 5.41) is 5.12. The molecule has 116 valence electrons. The fourth-order valence-corrected chi connectivity index (χ4v) is 1.79. The summed E-state index contributed by atoms with van der Waals surface area (Å²) in [6, 6.07) is 7.98. The zero-order valence-corrected chi connectivity index (χ0v) is 12.4. The highest BCUT2D eigenvalue weighted by atomic mass is 16.5. The highest BCUT2D eigenvalue weighted by Crippen LogP contribution is 2.29. The van der Waals surface area contributed by atoms with Crippen LogP contribution >= 0.6 is 0 Å². The molecule has 0 saturated carbocycles. The minimum Gasteiger partial charge on any atom is -0.497 e. The van der Waals surface area contributed by atoms with Crippen molar-refractivity contribution >= 4 is 23.4 Å². The van der Waals surface area contributed by atoms with Crippen molar-refractivity contribution in [1.82, 2.24) is 0 Å². The third-order valence-corrected chi connectivity index (χ3v) is 2.79. The van der Waals surface area contributed by atoms with Gasteiger partial charge in [-0.15, -0.1) is 0 Å². The van der Waals surface area contributed by atoms with Crippen molar-refractivity contribution in [2.75, 3.05) is 24.9 Å². The molecule has 0 aliphatic carbocycles. The monoisotopic (exact) mass is 304 g/mol. The topological polar surface area (TPSA) is 89.8 Å². The zero-order chi connectivity index (χ0) is 16.1. The van der Waals surface area contributed by atoms with Crippen molar-refractivity contribution in [2.24, 2.45) is 0 Å². The molecule has 7 nitrogen and oxygen atoms in total. The number of carbonyl (C=O) groups is 2. The summed E-state index contributed by atoms with van der Waals surface area (Å²) >= 11 is 0. The van der Waals surface area contributed by atoms with Gasteiger partial charge in [-0.2, -0.15) is 0 Å². The average molecular weight is 304 g/mol. The number of hydrogen-bond acceptors (Lipinski definition) is 5. The molecule has 0 aliphatic rings. The van der Waals surface area contributed by atoms with Crippen molar-refractivity contribution in [3.05, 3.63) is 36.1 Å². The molecule has 0 fully saturated rings. The molecule has 2 aromatic rings. The summed E-state index contributed by atoms with van der Waals surface area (Å²) < 4.78 is 15.5. The smallest absolute Gasteiger partial charge is 0.291 e. The van der Waals surface area contributed by atoms with E-state index in [1.807, 2.05) is 0 Å². The predicted octanol–water partition coefficient (Wildman–Crippen LogP) is 2.51. The maximum atomic E-state index is 12.1. The standard InChI is InChI=1S/C15H16N2O5/c1-9(18)16-14-7-6-12(22-14)15(19)17-11-5-4-10(20-2)8-13(11)21-3/h4-8H,1-3H3,(H,16,18)(H,17,19). The van der Waals surface area contributed by atoms with Crippen LogP contribution < -0.4 is 20.1 Å². The number of nitrogens with one attached hydrogen (secondary N) is 2. The van der Waals surface area contributed by atoms with Gasteiger partial charge in [0.1, 0.15) is 11.5 Å². The highest BCUT2D eigenvalue weighted by Gasteiger charge is 2.14. The number of ether oxygens (including phenoxy) is 2. The Labute approximate surface area is 127 Å². The van der Waals surface area contributed by atoms with Gasteiger partial charge in [0.2, 0.25) is 5.91 Å². The lowest BCUT2D eigenvalue weighted by atomic mass is 10.2. The van der Waals surface area contributed by atoms with Gasteiger partial charge in [-0.05, 0) is 18.2 Å². The molecule has 2 rings (SSSR count). The van der Waals surface area contributed by atoms with Crippen molar-refractivity contribution in [3.8, 4) is 11.5 Å². The first kappa shape index (κ1) is 15.4. The van der Waals surface area contributed by atoms with Gasteiger partial charge in [0.25, 0.3) is 5.91 Å². The van der Waals surface area contributed by atoms with Crippen LogP contribution in [0.25, 0.3) is 0 Å². The first-order valence-corrected chi connectivity index (χ1v) is 6.44. The molecule has 1 heterocycles. The number of anilines is 2. The third-order valence-electron chi connectivity index (χ3n) is 2.79. The van der Waals surface area contributed by atoms with Crippen molar-refractivity contribution in [2.45, 2.75) is 6.92 Å². The van der Waals surface area contributed by atoms with E-state index in [4.69, 9.17) is 13.9 Å². The largest absolute Gasteiger partial charge is 0.497 e. The molecule has 7 heteroatoms. The summed E-state index contributed by atoms with van der Waals surface area (Å²) in [7, 11) is 3.03. The van der Waals surface area contributed by atoms with Crippen molar-refractivity contribution < 1.29 is 23.5 Å². The van der Waals surface area contributed by atoms with Crippen LogP contribution in [0.5, 0.6) is 11.5 Å². The highest BCUT2D eigenvalue weighted by molar-refractivity contribution is 6.03. The van der Waals surface area contributed by atoms with Crippen molar-refractivity contribution in [3.63, 3.8) is 0 Å². The van der Waals surface area contributed by atoms with E-state index >= 15 is 0 Å². The summed E-state index contributed by atoms with van der Waals surface area (Å²) in [6.45, 7) is 1.35. The van der Waals surface area contributed by atoms with Gasteiger partial charge in [0.15, 0.2) is 11.6 Å². The van der Waals surface area contributed by atoms with E-state index < -0.39 is 5.91 Å². The number of methoxy groups -OCH3 is 2. The number of furan rings is 1. The van der Waals surface area contributed by atoms with Crippen LogP contribution in [0.15, 0.2) is 34.7 Å². The van der Waals surface area contributed by atoms with E-state index in [1.54, 1.807) is 25.3 Å². The van der Waals surface area contributed by atoms with Gasteiger partial charge in [-0.3, -0.25) is 14.9 Å². The van der Waals surface area contributed by atoms with Crippen LogP contribution in [0.4, 0.5) is 11.6 Å². The van der Waals surface area contributed by atoms with E-state index in [9.17, 15) is 9.59 Å². The Morgan fingerprint density at radius 3 is 2.45 bits per heavy atom. The van der Waals surface area contributed by atoms with Crippen LogP contribution in [-0.2, 0) is 4.79 Å². The van der Waals surface area contributed by atoms with Crippen LogP contribution in [0.1, 0.15) is 17.5 Å². The molecular formula is C15H16N2O5. The fraction of sp³-hybridized carbons (Fsp3) is 0.200. The minimum atomic E-state index is -0.458. The van der Waals surface area contributed by atoms with E-state index in [0.29, 0.717) is 17.2 Å². The summed E-state index contributed by atoms with van der Waals surface area (Å²) in [4.78, 5) is 23.1. The Balaban J connectivity index is 2.14. The molecule has 0 spiro atoms. The van der Waals surface area contributed by atoms with E-state index in [0.717, 1.165) is 0 Å². The molecular weight excluding hydrogens is 288 g/mol. The van der Waals surface area contributed by atoms with Gasteiger partial charge >= 0.3 is 0 Å². The quantitative estimate of drug-likeness (QED) is 0.886. The number of rotatable bonds is 5. The molecule has 22 heavy (non-hydrogen) atoms. The Morgan fingerprint density at radius 1 is 1.05 bits per heavy atom. The van der Waals surface area contributed by atoms with Gasteiger partial charge in [0, 0.05) is 19.1 Å². The lowest BCUT2D eigenvalue weighted by molar-refractivity contribution is -0.114. The second-order valence-electron chi connectivity index (χ2n) is 4.37. The predicted molar refractivity (Wildman–Crippen MR) is 80.5 cm³/mol. The Morgan fingerprint density at radius 2 is 1.82 bits per heavy atom. The van der Waals surface area contributed by atoms with Gasteiger partial charge in [-0.1, -0.05) is 0 Å². The lowest BCUT2D eigenvalue weighted by Gasteiger charge is -2.10. The van der Waals surface area contributed by atoms with Crippen LogP contribution in [-0.4, -0.2) is 26.0 Å².